The van der Waals surface area contributed by atoms with Gasteiger partial charge in [-0.2, -0.15) is 5.26 Å². The van der Waals surface area contributed by atoms with E-state index in [1.807, 2.05) is 33.8 Å². The van der Waals surface area contributed by atoms with Crippen molar-refractivity contribution in [1.82, 2.24) is 5.32 Å². The van der Waals surface area contributed by atoms with Crippen LogP contribution in [0.3, 0.4) is 0 Å². The highest BCUT2D eigenvalue weighted by molar-refractivity contribution is 6.42. The molecule has 0 spiro atoms. The van der Waals surface area contributed by atoms with Crippen LogP contribution in [-0.2, 0) is 4.79 Å². The van der Waals surface area contributed by atoms with Crippen LogP contribution in [0.2, 0.25) is 5.02 Å². The number of amides is 1. The predicted molar refractivity (Wildman–Crippen MR) is 110 cm³/mol. The Hall–Kier alpha value is -2.65. The van der Waals surface area contributed by atoms with Gasteiger partial charge >= 0.3 is 0 Å². The van der Waals surface area contributed by atoms with Crippen LogP contribution in [0, 0.1) is 33.0 Å². The van der Waals surface area contributed by atoms with E-state index in [9.17, 15) is 4.79 Å². The van der Waals surface area contributed by atoms with Gasteiger partial charge in [0.1, 0.15) is 23.6 Å². The third-order valence-corrected chi connectivity index (χ3v) is 5.49. The molecule has 6 nitrogen and oxygen atoms in total. The normalized spacial score (nSPS) is 22.0. The van der Waals surface area contributed by atoms with Crippen LogP contribution < -0.4 is 10.1 Å². The maximum absolute atomic E-state index is 12.4. The topological polar surface area (TPSA) is 110 Å². The number of nitrogens with zero attached hydrogens (tertiary/aromatic N) is 1. The maximum Gasteiger partial charge on any atom is 0.269 e. The maximum atomic E-state index is 12.4. The van der Waals surface area contributed by atoms with Crippen molar-refractivity contribution in [1.29, 1.82) is 16.1 Å². The van der Waals surface area contributed by atoms with Gasteiger partial charge < -0.3 is 15.5 Å². The summed E-state index contributed by atoms with van der Waals surface area (Å²) in [5.74, 6) is 0.0839. The first kappa shape index (κ1) is 21.6. The first-order valence-corrected chi connectivity index (χ1v) is 9.28. The van der Waals surface area contributed by atoms with E-state index < -0.39 is 5.91 Å². The van der Waals surface area contributed by atoms with Crippen LogP contribution in [0.15, 0.2) is 30.4 Å². The van der Waals surface area contributed by atoms with Gasteiger partial charge in [-0.15, -0.1) is 0 Å². The number of allylic oxidation sites excluding steroid dienone is 1. The number of rotatable bonds is 6. The van der Waals surface area contributed by atoms with E-state index in [4.69, 9.17) is 32.4 Å². The zero-order chi connectivity index (χ0) is 21.3. The highest BCUT2D eigenvalue weighted by Crippen LogP contribution is 2.55. The molecule has 0 heterocycles. The van der Waals surface area contributed by atoms with Crippen LogP contribution in [-0.4, -0.2) is 29.5 Å². The molecule has 0 aromatic heterocycles. The van der Waals surface area contributed by atoms with Crippen molar-refractivity contribution in [3.05, 3.63) is 40.9 Å². The molecule has 0 radical (unpaired) electrons. The summed E-state index contributed by atoms with van der Waals surface area (Å²) in [6.07, 6.45) is 2.53. The monoisotopic (exact) mass is 400 g/mol. The quantitative estimate of drug-likeness (QED) is 0.624. The van der Waals surface area contributed by atoms with Crippen molar-refractivity contribution in [3.63, 3.8) is 0 Å². The Balaban J connectivity index is 2.14. The van der Waals surface area contributed by atoms with Crippen molar-refractivity contribution in [2.45, 2.75) is 46.8 Å². The fourth-order valence-corrected chi connectivity index (χ4v) is 4.30. The lowest BCUT2D eigenvalue weighted by Crippen LogP contribution is -2.75. The SMILES string of the molecule is CC(=N)/C=C\C(=N)C(=O)NC1C(C)(C)C(Oc2ccc(C#N)c(Cl)c2)C1(C)C. The fourth-order valence-electron chi connectivity index (χ4n) is 4.09. The van der Waals surface area contributed by atoms with Crippen molar-refractivity contribution in [2.24, 2.45) is 10.8 Å². The molecule has 2 rings (SSSR count). The molecule has 1 amide bonds. The van der Waals surface area contributed by atoms with E-state index in [0.29, 0.717) is 16.3 Å². The molecular weight excluding hydrogens is 376 g/mol. The smallest absolute Gasteiger partial charge is 0.269 e. The fraction of sp³-hybridized carbons (Fsp3) is 0.429. The molecule has 7 heteroatoms. The Labute approximate surface area is 170 Å². The zero-order valence-electron chi connectivity index (χ0n) is 16.7. The summed E-state index contributed by atoms with van der Waals surface area (Å²) in [6, 6.07) is 6.77. The van der Waals surface area contributed by atoms with Gasteiger partial charge in [-0.25, -0.2) is 0 Å². The van der Waals surface area contributed by atoms with Crippen molar-refractivity contribution >= 4 is 28.9 Å². The first-order chi connectivity index (χ1) is 12.9. The summed E-state index contributed by atoms with van der Waals surface area (Å²) >= 11 is 6.10. The Morgan fingerprint density at radius 2 is 1.86 bits per heavy atom. The molecule has 1 aliphatic rings. The molecule has 1 saturated carbocycles. The lowest BCUT2D eigenvalue weighted by Gasteiger charge is -2.63. The third-order valence-electron chi connectivity index (χ3n) is 5.17. The van der Waals surface area contributed by atoms with Crippen LogP contribution in [0.4, 0.5) is 0 Å². The summed E-state index contributed by atoms with van der Waals surface area (Å²) < 4.78 is 6.17. The van der Waals surface area contributed by atoms with Gasteiger partial charge in [0, 0.05) is 28.6 Å². The number of carbonyl (C=O) groups is 1. The molecule has 0 saturated heterocycles. The summed E-state index contributed by atoms with van der Waals surface area (Å²) in [5.41, 5.74) is -0.307. The average Bonchev–Trinajstić information content (AvgIpc) is 2.61. The van der Waals surface area contributed by atoms with Gasteiger partial charge in [0.2, 0.25) is 0 Å². The standard InChI is InChI=1S/C21H25ClN4O2/c1-12(24)6-9-16(25)17(27)26-18-20(2,3)19(21(18,4)5)28-14-8-7-13(11-23)15(22)10-14/h6-10,18-19,24-25H,1-5H3,(H,26,27)/b9-6-,24-12?,25-16?. The van der Waals surface area contributed by atoms with Gasteiger partial charge in [0.05, 0.1) is 10.6 Å². The number of ether oxygens (including phenoxy) is 1. The number of benzene rings is 1. The number of nitriles is 1. The van der Waals surface area contributed by atoms with Crippen LogP contribution in [0.5, 0.6) is 5.75 Å². The van der Waals surface area contributed by atoms with Crippen LogP contribution in [0.1, 0.15) is 40.2 Å². The highest BCUT2D eigenvalue weighted by Gasteiger charge is 2.64. The van der Waals surface area contributed by atoms with E-state index >= 15 is 0 Å². The lowest BCUT2D eigenvalue weighted by atomic mass is 9.49. The van der Waals surface area contributed by atoms with Crippen LogP contribution in [0.25, 0.3) is 0 Å². The van der Waals surface area contributed by atoms with E-state index in [1.54, 1.807) is 25.1 Å². The molecule has 1 fully saturated rings. The minimum Gasteiger partial charge on any atom is -0.489 e. The molecule has 0 unspecified atom stereocenters. The molecular formula is C21H25ClN4O2. The number of hydrogen-bond acceptors (Lipinski definition) is 5. The summed E-state index contributed by atoms with van der Waals surface area (Å²) in [5, 5.41) is 27.5. The van der Waals surface area contributed by atoms with Gasteiger partial charge in [0.25, 0.3) is 5.91 Å². The third kappa shape index (κ3) is 4.10. The summed E-state index contributed by atoms with van der Waals surface area (Å²) in [4.78, 5) is 12.4. The molecule has 1 aromatic rings. The minimum atomic E-state index is -0.483. The predicted octanol–water partition coefficient (Wildman–Crippen LogP) is 4.13. The molecule has 0 aliphatic heterocycles. The van der Waals surface area contributed by atoms with E-state index in [2.05, 4.69) is 5.32 Å². The van der Waals surface area contributed by atoms with Crippen molar-refractivity contribution in [2.75, 3.05) is 0 Å². The lowest BCUT2D eigenvalue weighted by molar-refractivity contribution is -0.171. The number of halogens is 1. The molecule has 1 aromatic carbocycles. The van der Waals surface area contributed by atoms with Gasteiger partial charge in [0.15, 0.2) is 0 Å². The second-order valence-corrected chi connectivity index (χ2v) is 8.64. The summed E-state index contributed by atoms with van der Waals surface area (Å²) in [7, 11) is 0. The minimum absolute atomic E-state index is 0.193. The second kappa shape index (κ2) is 7.76. The first-order valence-electron chi connectivity index (χ1n) is 8.90. The Bertz CT molecular complexity index is 880. The molecule has 3 N–H and O–H groups in total. The molecule has 0 atom stereocenters. The number of hydrogen-bond donors (Lipinski definition) is 3. The highest BCUT2D eigenvalue weighted by atomic mass is 35.5. The van der Waals surface area contributed by atoms with Crippen LogP contribution >= 0.6 is 11.6 Å². The summed E-state index contributed by atoms with van der Waals surface area (Å²) in [6.45, 7) is 9.58. The van der Waals surface area contributed by atoms with Crippen molar-refractivity contribution < 1.29 is 9.53 Å². The van der Waals surface area contributed by atoms with E-state index in [0.717, 1.165) is 0 Å². The number of carbonyl (C=O) groups excluding carboxylic acids is 1. The second-order valence-electron chi connectivity index (χ2n) is 8.23. The Morgan fingerprint density at radius 3 is 2.36 bits per heavy atom. The molecule has 148 valence electrons. The molecule has 1 aliphatic carbocycles. The van der Waals surface area contributed by atoms with Gasteiger partial charge in [-0.3, -0.25) is 10.2 Å². The zero-order valence-corrected chi connectivity index (χ0v) is 17.4. The molecule has 28 heavy (non-hydrogen) atoms. The van der Waals surface area contributed by atoms with E-state index in [1.165, 1.54) is 12.2 Å². The molecule has 0 bridgehead atoms. The Kier molecular flexibility index (Phi) is 6.00. The largest absolute Gasteiger partial charge is 0.489 e. The van der Waals surface area contributed by atoms with Gasteiger partial charge in [-0.05, 0) is 31.2 Å². The van der Waals surface area contributed by atoms with E-state index in [-0.39, 0.29) is 34.4 Å². The van der Waals surface area contributed by atoms with Gasteiger partial charge in [-0.1, -0.05) is 39.3 Å². The Morgan fingerprint density at radius 1 is 1.25 bits per heavy atom. The van der Waals surface area contributed by atoms with Crippen molar-refractivity contribution in [3.8, 4) is 11.8 Å². The average molecular weight is 401 g/mol. The number of nitrogens with one attached hydrogen (secondary N) is 3.